The maximum atomic E-state index is 4.68. The second kappa shape index (κ2) is 6.00. The molecule has 0 spiro atoms. The van der Waals surface area contributed by atoms with Crippen LogP contribution >= 0.6 is 11.8 Å². The number of nitrogens with one attached hydrogen (secondary N) is 1. The summed E-state index contributed by atoms with van der Waals surface area (Å²) in [4.78, 5) is 4.68. The number of hydrogen-bond donors (Lipinski definition) is 1. The van der Waals surface area contributed by atoms with Crippen LogP contribution in [0.4, 0.5) is 0 Å². The SMILES string of the molecule is CCC(CC1CC1)NC1=NCC(c2ccccc2)S1. The molecule has 3 rings (SSSR count). The maximum absolute atomic E-state index is 4.68. The van der Waals surface area contributed by atoms with Crippen LogP contribution in [0.2, 0.25) is 0 Å². The van der Waals surface area contributed by atoms with Crippen molar-refractivity contribution in [2.75, 3.05) is 6.54 Å². The minimum Gasteiger partial charge on any atom is -0.362 e. The topological polar surface area (TPSA) is 24.4 Å². The lowest BCUT2D eigenvalue weighted by Gasteiger charge is -2.18. The average Bonchev–Trinajstić information content (AvgIpc) is 3.15. The Hall–Kier alpha value is -0.960. The zero-order chi connectivity index (χ0) is 13.1. The number of aliphatic imine (C=N–C) groups is 1. The smallest absolute Gasteiger partial charge is 0.157 e. The van der Waals surface area contributed by atoms with Crippen LogP contribution in [-0.2, 0) is 0 Å². The third-order valence-electron chi connectivity index (χ3n) is 3.96. The number of rotatable bonds is 5. The molecule has 3 heteroatoms. The summed E-state index contributed by atoms with van der Waals surface area (Å²) < 4.78 is 0. The lowest BCUT2D eigenvalue weighted by Crippen LogP contribution is -2.32. The number of benzene rings is 1. The van der Waals surface area contributed by atoms with Crippen LogP contribution in [0.15, 0.2) is 35.3 Å². The van der Waals surface area contributed by atoms with Crippen molar-refractivity contribution < 1.29 is 0 Å². The van der Waals surface area contributed by atoms with Gasteiger partial charge in [0.25, 0.3) is 0 Å². The summed E-state index contributed by atoms with van der Waals surface area (Å²) >= 11 is 1.89. The highest BCUT2D eigenvalue weighted by Crippen LogP contribution is 2.36. The summed E-state index contributed by atoms with van der Waals surface area (Å²) in [7, 11) is 0. The van der Waals surface area contributed by atoms with Gasteiger partial charge in [0.2, 0.25) is 0 Å². The Kier molecular flexibility index (Phi) is 4.12. The van der Waals surface area contributed by atoms with E-state index in [2.05, 4.69) is 47.6 Å². The molecule has 1 N–H and O–H groups in total. The van der Waals surface area contributed by atoms with Crippen molar-refractivity contribution in [2.45, 2.75) is 43.9 Å². The van der Waals surface area contributed by atoms with Crippen molar-refractivity contribution in [1.29, 1.82) is 0 Å². The predicted molar refractivity (Wildman–Crippen MR) is 83.6 cm³/mol. The van der Waals surface area contributed by atoms with Crippen molar-refractivity contribution in [2.24, 2.45) is 10.9 Å². The quantitative estimate of drug-likeness (QED) is 0.877. The molecule has 0 bridgehead atoms. The maximum Gasteiger partial charge on any atom is 0.157 e. The fourth-order valence-electron chi connectivity index (χ4n) is 2.55. The van der Waals surface area contributed by atoms with Gasteiger partial charge in [-0.1, -0.05) is 61.9 Å². The summed E-state index contributed by atoms with van der Waals surface area (Å²) in [6, 6.07) is 11.3. The first kappa shape index (κ1) is 13.0. The van der Waals surface area contributed by atoms with Gasteiger partial charge in [-0.15, -0.1) is 0 Å². The summed E-state index contributed by atoms with van der Waals surface area (Å²) in [6.45, 7) is 3.19. The molecule has 102 valence electrons. The van der Waals surface area contributed by atoms with Crippen LogP contribution in [0.25, 0.3) is 0 Å². The fourth-order valence-corrected chi connectivity index (χ4v) is 3.65. The molecule has 19 heavy (non-hydrogen) atoms. The van der Waals surface area contributed by atoms with E-state index in [9.17, 15) is 0 Å². The van der Waals surface area contributed by atoms with Gasteiger partial charge in [-0.05, 0) is 24.3 Å². The highest BCUT2D eigenvalue weighted by molar-refractivity contribution is 8.14. The van der Waals surface area contributed by atoms with E-state index in [0.29, 0.717) is 11.3 Å². The van der Waals surface area contributed by atoms with Gasteiger partial charge in [0.05, 0.1) is 11.8 Å². The molecule has 1 aromatic rings. The van der Waals surface area contributed by atoms with Crippen molar-refractivity contribution >= 4 is 16.9 Å². The molecule has 0 aromatic heterocycles. The lowest BCUT2D eigenvalue weighted by atomic mass is 10.1. The van der Waals surface area contributed by atoms with Crippen molar-refractivity contribution in [3.8, 4) is 0 Å². The monoisotopic (exact) mass is 274 g/mol. The zero-order valence-electron chi connectivity index (χ0n) is 11.5. The van der Waals surface area contributed by atoms with E-state index in [1.54, 1.807) is 0 Å². The Morgan fingerprint density at radius 2 is 2.11 bits per heavy atom. The van der Waals surface area contributed by atoms with Gasteiger partial charge in [0.1, 0.15) is 0 Å². The van der Waals surface area contributed by atoms with Crippen molar-refractivity contribution in [3.63, 3.8) is 0 Å². The largest absolute Gasteiger partial charge is 0.362 e. The molecule has 1 heterocycles. The standard InChI is InChI=1S/C16H22N2S/c1-2-14(10-12-8-9-12)18-16-17-11-15(19-16)13-6-4-3-5-7-13/h3-7,12,14-15H,2,8-11H2,1H3,(H,17,18). The predicted octanol–water partition coefficient (Wildman–Crippen LogP) is 4.00. The van der Waals surface area contributed by atoms with Crippen molar-refractivity contribution in [3.05, 3.63) is 35.9 Å². The molecule has 0 amide bonds. The van der Waals surface area contributed by atoms with E-state index < -0.39 is 0 Å². The highest BCUT2D eigenvalue weighted by Gasteiger charge is 2.27. The number of nitrogens with zero attached hydrogens (tertiary/aromatic N) is 1. The molecule has 2 atom stereocenters. The van der Waals surface area contributed by atoms with Crippen LogP contribution in [-0.4, -0.2) is 17.8 Å². The van der Waals surface area contributed by atoms with Gasteiger partial charge in [0.15, 0.2) is 5.17 Å². The zero-order valence-corrected chi connectivity index (χ0v) is 12.3. The Balaban J connectivity index is 1.53. The molecular formula is C16H22N2S. The number of thioether (sulfide) groups is 1. The molecule has 2 aliphatic rings. The molecule has 1 fully saturated rings. The molecule has 1 aliphatic heterocycles. The van der Waals surface area contributed by atoms with E-state index in [-0.39, 0.29) is 0 Å². The van der Waals surface area contributed by atoms with Crippen LogP contribution in [0.3, 0.4) is 0 Å². The molecule has 2 unspecified atom stereocenters. The van der Waals surface area contributed by atoms with Gasteiger partial charge >= 0.3 is 0 Å². The van der Waals surface area contributed by atoms with E-state index in [1.807, 2.05) is 11.8 Å². The van der Waals surface area contributed by atoms with Gasteiger partial charge in [-0.3, -0.25) is 4.99 Å². The summed E-state index contributed by atoms with van der Waals surface area (Å²) in [6.07, 6.45) is 5.40. The van der Waals surface area contributed by atoms with Crippen LogP contribution < -0.4 is 5.32 Å². The van der Waals surface area contributed by atoms with E-state index >= 15 is 0 Å². The van der Waals surface area contributed by atoms with Crippen LogP contribution in [0.1, 0.15) is 43.4 Å². The molecule has 0 radical (unpaired) electrons. The van der Waals surface area contributed by atoms with E-state index in [0.717, 1.165) is 17.6 Å². The summed E-state index contributed by atoms with van der Waals surface area (Å²) in [5.41, 5.74) is 1.39. The van der Waals surface area contributed by atoms with Gasteiger partial charge < -0.3 is 5.32 Å². The van der Waals surface area contributed by atoms with Crippen molar-refractivity contribution in [1.82, 2.24) is 5.32 Å². The molecule has 1 aliphatic carbocycles. The minimum absolute atomic E-state index is 0.502. The molecular weight excluding hydrogens is 252 g/mol. The Morgan fingerprint density at radius 3 is 2.79 bits per heavy atom. The molecule has 0 saturated heterocycles. The first-order chi connectivity index (χ1) is 9.35. The second-order valence-corrected chi connectivity index (χ2v) is 6.78. The molecule has 1 aromatic carbocycles. The van der Waals surface area contributed by atoms with Crippen LogP contribution in [0, 0.1) is 5.92 Å². The second-order valence-electron chi connectivity index (χ2n) is 5.59. The Labute approximate surface area is 120 Å². The first-order valence-electron chi connectivity index (χ1n) is 7.37. The Morgan fingerprint density at radius 1 is 1.32 bits per heavy atom. The molecule has 1 saturated carbocycles. The summed E-state index contributed by atoms with van der Waals surface area (Å²) in [5.74, 6) is 0.981. The summed E-state index contributed by atoms with van der Waals surface area (Å²) in [5, 5.41) is 5.31. The van der Waals surface area contributed by atoms with Gasteiger partial charge in [-0.25, -0.2) is 0 Å². The number of amidine groups is 1. The minimum atomic E-state index is 0.502. The van der Waals surface area contributed by atoms with E-state index in [1.165, 1.54) is 31.2 Å². The van der Waals surface area contributed by atoms with E-state index in [4.69, 9.17) is 0 Å². The average molecular weight is 274 g/mol. The molecule has 2 nitrogen and oxygen atoms in total. The van der Waals surface area contributed by atoms with Gasteiger partial charge in [-0.2, -0.15) is 0 Å². The van der Waals surface area contributed by atoms with Crippen LogP contribution in [0.5, 0.6) is 0 Å². The highest BCUT2D eigenvalue weighted by atomic mass is 32.2. The third kappa shape index (κ3) is 3.53. The van der Waals surface area contributed by atoms with Gasteiger partial charge in [0, 0.05) is 6.04 Å². The fraction of sp³-hybridized carbons (Fsp3) is 0.562. The Bertz CT molecular complexity index is 439. The number of hydrogen-bond acceptors (Lipinski definition) is 3. The lowest BCUT2D eigenvalue weighted by molar-refractivity contribution is 0.513. The first-order valence-corrected chi connectivity index (χ1v) is 8.25. The third-order valence-corrected chi connectivity index (χ3v) is 5.14. The normalized spacial score (nSPS) is 24.1.